The van der Waals surface area contributed by atoms with Gasteiger partial charge in [-0.1, -0.05) is 12.1 Å². The van der Waals surface area contributed by atoms with Crippen molar-refractivity contribution in [2.45, 2.75) is 29.6 Å². The van der Waals surface area contributed by atoms with Crippen molar-refractivity contribution >= 4 is 21.7 Å². The van der Waals surface area contributed by atoms with Crippen molar-refractivity contribution in [3.05, 3.63) is 56.2 Å². The summed E-state index contributed by atoms with van der Waals surface area (Å²) >= 11 is 0. The highest BCUT2D eigenvalue weighted by Gasteiger charge is 2.66. The standard InChI is InChI=1S/C15H13F3N4O6S/c16-15(17,18)14(26)9-10(20-12(14)24)22(13(25)21-11(9)23)6-5-7-1-3-8(4-2-7)29(19,27)28/h1-4,26H,5-6H2,(H,20,24)(H2,19,27,28)(H,21,23,25). The van der Waals surface area contributed by atoms with E-state index in [9.17, 15) is 41.1 Å². The third kappa shape index (κ3) is 3.34. The highest BCUT2D eigenvalue weighted by Crippen LogP contribution is 2.44. The van der Waals surface area contributed by atoms with Crippen LogP contribution in [-0.4, -0.2) is 35.2 Å². The van der Waals surface area contributed by atoms with Crippen LogP contribution in [0.2, 0.25) is 0 Å². The van der Waals surface area contributed by atoms with E-state index < -0.39 is 50.3 Å². The van der Waals surface area contributed by atoms with Crippen LogP contribution in [0.15, 0.2) is 38.8 Å². The van der Waals surface area contributed by atoms with E-state index in [1.165, 1.54) is 24.3 Å². The van der Waals surface area contributed by atoms with Crippen LogP contribution in [-0.2, 0) is 33.4 Å². The zero-order chi connectivity index (χ0) is 21.8. The van der Waals surface area contributed by atoms with Crippen LogP contribution in [0.5, 0.6) is 0 Å². The van der Waals surface area contributed by atoms with E-state index in [-0.39, 0.29) is 17.9 Å². The van der Waals surface area contributed by atoms with E-state index in [1.54, 1.807) is 10.3 Å². The number of anilines is 1. The van der Waals surface area contributed by atoms with Gasteiger partial charge in [-0.3, -0.25) is 19.1 Å². The van der Waals surface area contributed by atoms with Gasteiger partial charge in [0, 0.05) is 6.54 Å². The van der Waals surface area contributed by atoms with E-state index in [2.05, 4.69) is 0 Å². The summed E-state index contributed by atoms with van der Waals surface area (Å²) in [6, 6.07) is 5.16. The number of aliphatic hydroxyl groups is 1. The minimum Gasteiger partial charge on any atom is -0.368 e. The van der Waals surface area contributed by atoms with Crippen LogP contribution >= 0.6 is 0 Å². The molecule has 1 aromatic carbocycles. The monoisotopic (exact) mass is 434 g/mol. The first-order valence-electron chi connectivity index (χ1n) is 7.86. The zero-order valence-electron chi connectivity index (χ0n) is 14.3. The van der Waals surface area contributed by atoms with Crippen LogP contribution in [0.3, 0.4) is 0 Å². The number of aromatic amines is 1. The topological polar surface area (TPSA) is 164 Å². The Morgan fingerprint density at radius 2 is 1.72 bits per heavy atom. The molecule has 156 valence electrons. The van der Waals surface area contributed by atoms with Gasteiger partial charge < -0.3 is 10.4 Å². The number of carbonyl (C=O) groups excluding carboxylic acids is 1. The number of primary sulfonamides is 1. The lowest BCUT2D eigenvalue weighted by Crippen LogP contribution is -2.50. The summed E-state index contributed by atoms with van der Waals surface area (Å²) < 4.78 is 62.9. The Labute approximate surface area is 159 Å². The number of sulfonamides is 1. The van der Waals surface area contributed by atoms with Gasteiger partial charge >= 0.3 is 11.9 Å². The Hall–Kier alpha value is -2.97. The maximum absolute atomic E-state index is 13.3. The van der Waals surface area contributed by atoms with E-state index in [0.717, 1.165) is 0 Å². The van der Waals surface area contributed by atoms with Crippen LogP contribution in [0.4, 0.5) is 19.0 Å². The molecule has 5 N–H and O–H groups in total. The first-order valence-corrected chi connectivity index (χ1v) is 9.41. The van der Waals surface area contributed by atoms with Gasteiger partial charge in [0.2, 0.25) is 10.0 Å². The van der Waals surface area contributed by atoms with Crippen LogP contribution in [0.25, 0.3) is 0 Å². The molecule has 0 aliphatic carbocycles. The molecule has 1 aromatic heterocycles. The number of amides is 1. The van der Waals surface area contributed by atoms with Crippen LogP contribution < -0.4 is 21.7 Å². The number of carbonyl (C=O) groups is 1. The molecule has 0 saturated carbocycles. The molecular formula is C15H13F3N4O6S. The lowest BCUT2D eigenvalue weighted by atomic mass is 9.97. The average molecular weight is 434 g/mol. The second-order valence-electron chi connectivity index (χ2n) is 6.24. The summed E-state index contributed by atoms with van der Waals surface area (Å²) in [7, 11) is -3.92. The average Bonchev–Trinajstić information content (AvgIpc) is 2.87. The van der Waals surface area contributed by atoms with Gasteiger partial charge in [-0.2, -0.15) is 13.2 Å². The number of nitrogens with zero attached hydrogens (tertiary/aromatic N) is 1. The zero-order valence-corrected chi connectivity index (χ0v) is 15.1. The van der Waals surface area contributed by atoms with E-state index in [0.29, 0.717) is 10.1 Å². The summed E-state index contributed by atoms with van der Waals surface area (Å²) in [5.41, 5.74) is -7.57. The molecule has 1 aliphatic rings. The fraction of sp³-hybridized carbons (Fsp3) is 0.267. The highest BCUT2D eigenvalue weighted by atomic mass is 32.2. The summed E-state index contributed by atoms with van der Waals surface area (Å²) in [5, 5.41) is 16.6. The second-order valence-corrected chi connectivity index (χ2v) is 7.80. The van der Waals surface area contributed by atoms with E-state index >= 15 is 0 Å². The molecule has 0 radical (unpaired) electrons. The smallest absolute Gasteiger partial charge is 0.368 e. The number of benzene rings is 1. The number of rotatable bonds is 4. The Kier molecular flexibility index (Phi) is 4.68. The number of aromatic nitrogens is 2. The molecule has 0 saturated heterocycles. The van der Waals surface area contributed by atoms with Gasteiger partial charge in [-0.25, -0.2) is 18.4 Å². The van der Waals surface area contributed by atoms with Gasteiger partial charge in [0.1, 0.15) is 11.4 Å². The molecular weight excluding hydrogens is 421 g/mol. The van der Waals surface area contributed by atoms with Gasteiger partial charge in [-0.05, 0) is 24.1 Å². The number of H-pyrrole nitrogens is 1. The maximum atomic E-state index is 13.3. The Balaban J connectivity index is 2.00. The predicted molar refractivity (Wildman–Crippen MR) is 91.4 cm³/mol. The molecule has 1 unspecified atom stereocenters. The normalized spacial score (nSPS) is 19.1. The highest BCUT2D eigenvalue weighted by molar-refractivity contribution is 7.89. The number of hydrogen-bond acceptors (Lipinski definition) is 6. The Morgan fingerprint density at radius 1 is 1.14 bits per heavy atom. The Morgan fingerprint density at radius 3 is 2.24 bits per heavy atom. The number of nitrogens with two attached hydrogens (primary N) is 1. The van der Waals surface area contributed by atoms with Crippen molar-refractivity contribution in [3.63, 3.8) is 0 Å². The van der Waals surface area contributed by atoms with Crippen molar-refractivity contribution in [1.82, 2.24) is 9.55 Å². The van der Waals surface area contributed by atoms with E-state index in [1.807, 2.05) is 0 Å². The van der Waals surface area contributed by atoms with Crippen molar-refractivity contribution in [2.24, 2.45) is 5.14 Å². The number of alkyl halides is 3. The van der Waals surface area contributed by atoms with Crippen molar-refractivity contribution < 1.29 is 31.5 Å². The van der Waals surface area contributed by atoms with Crippen LogP contribution in [0, 0.1) is 0 Å². The molecule has 14 heteroatoms. The first-order chi connectivity index (χ1) is 13.3. The van der Waals surface area contributed by atoms with Crippen molar-refractivity contribution in [1.29, 1.82) is 0 Å². The van der Waals surface area contributed by atoms with E-state index in [4.69, 9.17) is 5.14 Å². The van der Waals surface area contributed by atoms with Crippen molar-refractivity contribution in [2.75, 3.05) is 5.32 Å². The predicted octanol–water partition coefficient (Wildman–Crippen LogP) is -0.871. The molecule has 2 heterocycles. The van der Waals surface area contributed by atoms with Crippen LogP contribution in [0.1, 0.15) is 11.1 Å². The molecule has 3 rings (SSSR count). The van der Waals surface area contributed by atoms with Gasteiger partial charge in [0.25, 0.3) is 17.1 Å². The molecule has 2 aromatic rings. The molecule has 29 heavy (non-hydrogen) atoms. The summed E-state index contributed by atoms with van der Waals surface area (Å²) in [4.78, 5) is 37.3. The summed E-state index contributed by atoms with van der Waals surface area (Å²) in [6.45, 7) is -0.291. The molecule has 10 nitrogen and oxygen atoms in total. The Bertz CT molecular complexity index is 1220. The van der Waals surface area contributed by atoms with Gasteiger partial charge in [0.15, 0.2) is 0 Å². The number of fused-ring (bicyclic) bond motifs is 1. The fourth-order valence-corrected chi connectivity index (χ4v) is 3.43. The summed E-state index contributed by atoms with van der Waals surface area (Å²) in [6.07, 6.45) is -5.48. The van der Waals surface area contributed by atoms with Gasteiger partial charge in [-0.15, -0.1) is 0 Å². The summed E-state index contributed by atoms with van der Waals surface area (Å²) in [5.74, 6) is -2.66. The quantitative estimate of drug-likeness (QED) is 0.488. The number of nitrogens with one attached hydrogen (secondary N) is 2. The molecule has 0 bridgehead atoms. The molecule has 1 amide bonds. The number of aryl methyl sites for hydroxylation is 1. The minimum absolute atomic E-state index is 0.0175. The first kappa shape index (κ1) is 20.8. The SMILES string of the molecule is NS(=O)(=O)c1ccc(CCn2c3c(c(=O)[nH]c2=O)C(O)(C(F)(F)F)C(=O)N3)cc1. The largest absolute Gasteiger partial charge is 0.431 e. The number of halogens is 3. The third-order valence-corrected chi connectivity index (χ3v) is 5.34. The minimum atomic E-state index is -5.50. The third-order valence-electron chi connectivity index (χ3n) is 4.41. The molecule has 1 aliphatic heterocycles. The molecule has 0 fully saturated rings. The second kappa shape index (κ2) is 6.53. The maximum Gasteiger partial charge on any atom is 0.431 e. The number of hydrogen-bond donors (Lipinski definition) is 4. The molecule has 0 spiro atoms. The fourth-order valence-electron chi connectivity index (χ4n) is 2.92. The van der Waals surface area contributed by atoms with Gasteiger partial charge in [0.05, 0.1) is 4.90 Å². The lowest BCUT2D eigenvalue weighted by Gasteiger charge is -2.22. The van der Waals surface area contributed by atoms with Crippen molar-refractivity contribution in [3.8, 4) is 0 Å². The lowest BCUT2D eigenvalue weighted by molar-refractivity contribution is -0.252. The molecule has 1 atom stereocenters.